The third-order valence-electron chi connectivity index (χ3n) is 3.31. The number of nitro benzene ring substituents is 1. The van der Waals surface area contributed by atoms with E-state index in [1.807, 2.05) is 0 Å². The van der Waals surface area contributed by atoms with Gasteiger partial charge in [0.25, 0.3) is 5.69 Å². The first kappa shape index (κ1) is 19.7. The highest BCUT2D eigenvalue weighted by Gasteiger charge is 2.07. The van der Waals surface area contributed by atoms with Crippen molar-refractivity contribution < 1.29 is 19.2 Å². The van der Waals surface area contributed by atoms with Gasteiger partial charge in [-0.05, 0) is 48.1 Å². The summed E-state index contributed by atoms with van der Waals surface area (Å²) in [5, 5.41) is 16.1. The van der Waals surface area contributed by atoms with Crippen LogP contribution in [0.4, 0.5) is 11.4 Å². The number of hydrogen-bond donors (Lipinski definition) is 2. The number of anilines is 1. The zero-order valence-electron chi connectivity index (χ0n) is 14.2. The molecule has 0 aliphatic carbocycles. The van der Waals surface area contributed by atoms with Gasteiger partial charge in [0.05, 0.1) is 17.6 Å². The Bertz CT molecular complexity index is 909. The maximum atomic E-state index is 11.9. The van der Waals surface area contributed by atoms with Crippen LogP contribution in [0.15, 0.2) is 54.6 Å². The van der Waals surface area contributed by atoms with E-state index in [1.165, 1.54) is 37.5 Å². The average Bonchev–Trinajstić information content (AvgIpc) is 2.66. The number of non-ortho nitro benzene ring substituents is 1. The molecule has 0 spiro atoms. The Morgan fingerprint density at radius 3 is 2.52 bits per heavy atom. The summed E-state index contributed by atoms with van der Waals surface area (Å²) in [5.74, 6) is -0.950. The largest absolute Gasteiger partial charge is 0.465 e. The lowest BCUT2D eigenvalue weighted by Crippen LogP contribution is -2.32. The number of nitrogens with zero attached hydrogens (tertiary/aromatic N) is 1. The third-order valence-corrected chi connectivity index (χ3v) is 3.51. The second-order valence-corrected chi connectivity index (χ2v) is 5.61. The molecule has 2 N–H and O–H groups in total. The first-order chi connectivity index (χ1) is 12.9. The lowest BCUT2D eigenvalue weighted by molar-refractivity contribution is -0.384. The summed E-state index contributed by atoms with van der Waals surface area (Å²) in [6, 6.07) is 12.2. The molecule has 2 rings (SSSR count). The summed E-state index contributed by atoms with van der Waals surface area (Å²) in [5.41, 5.74) is 1.41. The van der Waals surface area contributed by atoms with Crippen LogP contribution in [0, 0.1) is 10.1 Å². The molecule has 0 aromatic heterocycles. The molecule has 138 valence electrons. The van der Waals surface area contributed by atoms with Gasteiger partial charge in [0.1, 0.15) is 0 Å². The normalized spacial score (nSPS) is 10.3. The van der Waals surface area contributed by atoms with Gasteiger partial charge in [0.15, 0.2) is 5.11 Å². The first-order valence-corrected chi connectivity index (χ1v) is 8.03. The third kappa shape index (κ3) is 6.01. The number of amides is 1. The molecule has 8 nitrogen and oxygen atoms in total. The number of esters is 1. The fourth-order valence-corrected chi connectivity index (χ4v) is 2.26. The van der Waals surface area contributed by atoms with Gasteiger partial charge in [0.2, 0.25) is 5.91 Å². The summed E-state index contributed by atoms with van der Waals surface area (Å²) < 4.78 is 4.61. The minimum absolute atomic E-state index is 0.0644. The molecule has 27 heavy (non-hydrogen) atoms. The van der Waals surface area contributed by atoms with E-state index in [0.29, 0.717) is 16.8 Å². The number of rotatable bonds is 5. The van der Waals surface area contributed by atoms with Crippen LogP contribution >= 0.6 is 12.2 Å². The van der Waals surface area contributed by atoms with Crippen LogP contribution in [-0.2, 0) is 9.53 Å². The number of carbonyl (C=O) groups excluding carboxylic acids is 2. The fourth-order valence-electron chi connectivity index (χ4n) is 2.04. The van der Waals surface area contributed by atoms with Gasteiger partial charge in [-0.15, -0.1) is 0 Å². The van der Waals surface area contributed by atoms with Crippen molar-refractivity contribution in [1.29, 1.82) is 0 Å². The maximum Gasteiger partial charge on any atom is 0.337 e. The average molecular weight is 385 g/mol. The monoisotopic (exact) mass is 385 g/mol. The van der Waals surface area contributed by atoms with Crippen LogP contribution in [0.3, 0.4) is 0 Å². The fraction of sp³-hybridized carbons (Fsp3) is 0.0556. The van der Waals surface area contributed by atoms with Crippen molar-refractivity contribution in [2.24, 2.45) is 0 Å². The van der Waals surface area contributed by atoms with Crippen LogP contribution in [0.1, 0.15) is 15.9 Å². The van der Waals surface area contributed by atoms with E-state index in [4.69, 9.17) is 12.2 Å². The van der Waals surface area contributed by atoms with Gasteiger partial charge in [-0.25, -0.2) is 4.79 Å². The van der Waals surface area contributed by atoms with Crippen LogP contribution in [0.5, 0.6) is 0 Å². The van der Waals surface area contributed by atoms with Crippen molar-refractivity contribution in [3.05, 3.63) is 75.8 Å². The topological polar surface area (TPSA) is 111 Å². The highest BCUT2D eigenvalue weighted by atomic mass is 32.1. The lowest BCUT2D eigenvalue weighted by atomic mass is 10.2. The second kappa shape index (κ2) is 9.20. The number of nitrogens with one attached hydrogen (secondary N) is 2. The molecule has 0 fully saturated rings. The molecule has 0 atom stereocenters. The molecule has 1 amide bonds. The van der Waals surface area contributed by atoms with Crippen LogP contribution in [0.25, 0.3) is 6.08 Å². The Labute approximate surface area is 160 Å². The molecule has 0 aliphatic heterocycles. The number of hydrogen-bond acceptors (Lipinski definition) is 6. The molecule has 9 heteroatoms. The number of ether oxygens (including phenoxy) is 1. The van der Waals surface area contributed by atoms with Gasteiger partial charge >= 0.3 is 5.97 Å². The molecule has 0 saturated carbocycles. The molecule has 2 aromatic rings. The van der Waals surface area contributed by atoms with Crippen molar-refractivity contribution in [3.8, 4) is 0 Å². The zero-order valence-corrected chi connectivity index (χ0v) is 15.0. The second-order valence-electron chi connectivity index (χ2n) is 5.20. The summed E-state index contributed by atoms with van der Waals surface area (Å²) in [7, 11) is 1.29. The van der Waals surface area contributed by atoms with Crippen molar-refractivity contribution in [1.82, 2.24) is 5.32 Å². The molecule has 0 unspecified atom stereocenters. The van der Waals surface area contributed by atoms with E-state index in [1.54, 1.807) is 30.3 Å². The van der Waals surface area contributed by atoms with E-state index < -0.39 is 16.8 Å². The molecule has 0 aliphatic rings. The minimum atomic E-state index is -0.512. The van der Waals surface area contributed by atoms with Crippen molar-refractivity contribution in [3.63, 3.8) is 0 Å². The van der Waals surface area contributed by atoms with E-state index in [0.717, 1.165) is 0 Å². The van der Waals surface area contributed by atoms with E-state index >= 15 is 0 Å². The smallest absolute Gasteiger partial charge is 0.337 e. The van der Waals surface area contributed by atoms with Gasteiger partial charge in [-0.2, -0.15) is 0 Å². The van der Waals surface area contributed by atoms with Crippen molar-refractivity contribution >= 4 is 46.7 Å². The maximum absolute atomic E-state index is 11.9. The van der Waals surface area contributed by atoms with E-state index in [-0.39, 0.29) is 10.8 Å². The van der Waals surface area contributed by atoms with Crippen LogP contribution in [-0.4, -0.2) is 29.0 Å². The Balaban J connectivity index is 1.91. The van der Waals surface area contributed by atoms with Crippen LogP contribution < -0.4 is 10.6 Å². The number of thiocarbonyl (C=S) groups is 1. The summed E-state index contributed by atoms with van der Waals surface area (Å²) in [4.78, 5) is 33.5. The van der Waals surface area contributed by atoms with Crippen molar-refractivity contribution in [2.45, 2.75) is 0 Å². The van der Waals surface area contributed by atoms with Gasteiger partial charge in [0, 0.05) is 23.9 Å². The Kier molecular flexibility index (Phi) is 6.73. The summed E-state index contributed by atoms with van der Waals surface area (Å²) in [6.45, 7) is 0. The van der Waals surface area contributed by atoms with Gasteiger partial charge < -0.3 is 10.1 Å². The Morgan fingerprint density at radius 1 is 1.19 bits per heavy atom. The Morgan fingerprint density at radius 2 is 1.89 bits per heavy atom. The highest BCUT2D eigenvalue weighted by Crippen LogP contribution is 2.14. The predicted molar refractivity (Wildman–Crippen MR) is 104 cm³/mol. The lowest BCUT2D eigenvalue weighted by Gasteiger charge is -2.08. The molecular formula is C18H15N3O5S. The van der Waals surface area contributed by atoms with Gasteiger partial charge in [-0.3, -0.25) is 20.2 Å². The molecule has 2 aromatic carbocycles. The van der Waals surface area contributed by atoms with Crippen LogP contribution in [0.2, 0.25) is 0 Å². The van der Waals surface area contributed by atoms with E-state index in [2.05, 4.69) is 15.4 Å². The van der Waals surface area contributed by atoms with Crippen molar-refractivity contribution in [2.75, 3.05) is 12.4 Å². The summed E-state index contributed by atoms with van der Waals surface area (Å²) >= 11 is 5.05. The standard InChI is InChI=1S/C18H15N3O5S/c1-26-17(23)13-6-8-14(9-7-13)19-18(27)20-16(22)10-5-12-3-2-4-15(11-12)21(24)25/h2-11H,1H3,(H2,19,20,22,27)/b10-5+. The molecule has 0 saturated heterocycles. The molecular weight excluding hydrogens is 370 g/mol. The first-order valence-electron chi connectivity index (χ1n) is 7.62. The predicted octanol–water partition coefficient (Wildman–Crippen LogP) is 2.91. The summed E-state index contributed by atoms with van der Waals surface area (Å²) in [6.07, 6.45) is 2.66. The van der Waals surface area contributed by atoms with Gasteiger partial charge in [-0.1, -0.05) is 12.1 Å². The SMILES string of the molecule is COC(=O)c1ccc(NC(=S)NC(=O)/C=C/c2cccc([N+](=O)[O-])c2)cc1. The highest BCUT2D eigenvalue weighted by molar-refractivity contribution is 7.80. The molecule has 0 radical (unpaired) electrons. The quantitative estimate of drug-likeness (QED) is 0.268. The number of carbonyl (C=O) groups is 2. The molecule has 0 heterocycles. The number of methoxy groups -OCH3 is 1. The number of benzene rings is 2. The Hall–Kier alpha value is -3.59. The zero-order chi connectivity index (χ0) is 19.8. The minimum Gasteiger partial charge on any atom is -0.465 e. The van der Waals surface area contributed by atoms with E-state index in [9.17, 15) is 19.7 Å². The number of nitro groups is 1. The molecule has 0 bridgehead atoms.